The molecule has 40 heavy (non-hydrogen) atoms. The molecule has 1 aromatic heterocycles. The number of ether oxygens (including phenoxy) is 1. The molecule has 2 aromatic carbocycles. The number of piperidine rings is 1. The predicted molar refractivity (Wildman–Crippen MR) is 137 cm³/mol. The molecule has 2 fully saturated rings. The molecule has 1 spiro atoms. The molecule has 0 unspecified atom stereocenters. The SMILES string of the molecule is Cc1cccc(C(=O)N2CCC3(CC2)OC[C@@H](C(=O)NCc2cccc(C(F)(F)F)c2)N3C(=O)c2ccco2)c1. The van der Waals surface area contributed by atoms with Crippen LogP contribution in [0, 0.1) is 6.92 Å². The lowest BCUT2D eigenvalue weighted by Crippen LogP contribution is -2.59. The Balaban J connectivity index is 1.32. The molecule has 0 bridgehead atoms. The normalized spacial score (nSPS) is 18.6. The van der Waals surface area contributed by atoms with Gasteiger partial charge in [0.25, 0.3) is 11.8 Å². The van der Waals surface area contributed by atoms with Gasteiger partial charge in [-0.15, -0.1) is 0 Å². The summed E-state index contributed by atoms with van der Waals surface area (Å²) < 4.78 is 50.8. The number of nitrogens with one attached hydrogen (secondary N) is 1. The lowest BCUT2D eigenvalue weighted by molar-refractivity contribution is -0.137. The molecule has 0 aliphatic carbocycles. The third-order valence-electron chi connectivity index (χ3n) is 7.33. The highest BCUT2D eigenvalue weighted by atomic mass is 19.4. The monoisotopic (exact) mass is 555 g/mol. The number of halogens is 3. The predicted octanol–water partition coefficient (Wildman–Crippen LogP) is 4.40. The van der Waals surface area contributed by atoms with Gasteiger partial charge < -0.3 is 19.4 Å². The second-order valence-electron chi connectivity index (χ2n) is 10.0. The largest absolute Gasteiger partial charge is 0.459 e. The van der Waals surface area contributed by atoms with Gasteiger partial charge in [0, 0.05) is 38.0 Å². The zero-order valence-corrected chi connectivity index (χ0v) is 21.7. The average molecular weight is 556 g/mol. The summed E-state index contributed by atoms with van der Waals surface area (Å²) in [5, 5.41) is 2.65. The molecule has 0 radical (unpaired) electrons. The minimum Gasteiger partial charge on any atom is -0.459 e. The number of rotatable bonds is 5. The minimum atomic E-state index is -4.51. The molecule has 0 saturated carbocycles. The van der Waals surface area contributed by atoms with Crippen molar-refractivity contribution in [2.24, 2.45) is 0 Å². The van der Waals surface area contributed by atoms with Gasteiger partial charge in [0.05, 0.1) is 18.4 Å². The summed E-state index contributed by atoms with van der Waals surface area (Å²) in [4.78, 5) is 43.0. The zero-order valence-electron chi connectivity index (χ0n) is 21.7. The number of hydrogen-bond acceptors (Lipinski definition) is 5. The first-order valence-corrected chi connectivity index (χ1v) is 12.9. The van der Waals surface area contributed by atoms with Crippen LogP contribution in [-0.2, 0) is 22.3 Å². The Morgan fingerprint density at radius 3 is 2.42 bits per heavy atom. The Hall–Kier alpha value is -4.12. The van der Waals surface area contributed by atoms with Gasteiger partial charge in [0.1, 0.15) is 11.8 Å². The molecule has 3 aromatic rings. The fourth-order valence-electron chi connectivity index (χ4n) is 5.27. The summed E-state index contributed by atoms with van der Waals surface area (Å²) >= 11 is 0. The van der Waals surface area contributed by atoms with Crippen molar-refractivity contribution < 1.29 is 36.7 Å². The summed E-state index contributed by atoms with van der Waals surface area (Å²) in [5.74, 6) is -1.21. The van der Waals surface area contributed by atoms with Crippen molar-refractivity contribution in [2.75, 3.05) is 19.7 Å². The highest BCUT2D eigenvalue weighted by molar-refractivity contribution is 5.97. The van der Waals surface area contributed by atoms with Gasteiger partial charge in [-0.3, -0.25) is 19.3 Å². The number of hydrogen-bond donors (Lipinski definition) is 1. The second-order valence-corrected chi connectivity index (χ2v) is 10.0. The molecule has 11 heteroatoms. The van der Waals surface area contributed by atoms with Crippen molar-refractivity contribution in [1.29, 1.82) is 0 Å². The summed E-state index contributed by atoms with van der Waals surface area (Å²) in [6, 6.07) is 14.0. The molecule has 1 N–H and O–H groups in total. The van der Waals surface area contributed by atoms with E-state index in [0.717, 1.165) is 17.7 Å². The Labute approximate surface area is 228 Å². The number of alkyl halides is 3. The van der Waals surface area contributed by atoms with Gasteiger partial charge >= 0.3 is 6.18 Å². The van der Waals surface area contributed by atoms with E-state index < -0.39 is 35.3 Å². The van der Waals surface area contributed by atoms with E-state index in [-0.39, 0.29) is 43.2 Å². The molecule has 2 saturated heterocycles. The summed E-state index contributed by atoms with van der Waals surface area (Å²) in [5.41, 5.74) is -0.162. The quantitative estimate of drug-likeness (QED) is 0.504. The topological polar surface area (TPSA) is 92.1 Å². The van der Waals surface area contributed by atoms with E-state index in [1.165, 1.54) is 29.4 Å². The standard InChI is InChI=1S/C29H28F3N3O5/c1-19-5-2-7-21(15-19)26(37)34-12-10-28(11-13-34)35(27(38)24-9-4-14-39-24)23(18-40-28)25(36)33-17-20-6-3-8-22(16-20)29(30,31)32/h2-9,14-16,23H,10-13,17-18H2,1H3,(H,33,36)/t23-/m0/s1. The summed E-state index contributed by atoms with van der Waals surface area (Å²) in [6.45, 7) is 2.24. The molecular formula is C29H28F3N3O5. The van der Waals surface area contributed by atoms with Crippen LogP contribution in [0.3, 0.4) is 0 Å². The number of likely N-dealkylation sites (tertiary alicyclic amines) is 1. The molecule has 8 nitrogen and oxygen atoms in total. The maximum atomic E-state index is 13.6. The fraction of sp³-hybridized carbons (Fsp3) is 0.345. The first-order chi connectivity index (χ1) is 19.1. The van der Waals surface area contributed by atoms with Crippen LogP contribution in [0.1, 0.15) is 50.4 Å². The Kier molecular flexibility index (Phi) is 7.41. The van der Waals surface area contributed by atoms with Crippen LogP contribution in [0.4, 0.5) is 13.2 Å². The van der Waals surface area contributed by atoms with Crippen molar-refractivity contribution >= 4 is 17.7 Å². The third-order valence-corrected chi connectivity index (χ3v) is 7.33. The van der Waals surface area contributed by atoms with E-state index in [1.54, 1.807) is 17.0 Å². The number of carbonyl (C=O) groups is 3. The van der Waals surface area contributed by atoms with E-state index in [2.05, 4.69) is 5.32 Å². The molecule has 3 amide bonds. The van der Waals surface area contributed by atoms with Crippen LogP contribution >= 0.6 is 0 Å². The maximum absolute atomic E-state index is 13.6. The van der Waals surface area contributed by atoms with Crippen LogP contribution in [-0.4, -0.2) is 59.0 Å². The Morgan fingerprint density at radius 1 is 1.00 bits per heavy atom. The van der Waals surface area contributed by atoms with Crippen molar-refractivity contribution in [1.82, 2.24) is 15.1 Å². The van der Waals surface area contributed by atoms with Gasteiger partial charge in [0.15, 0.2) is 5.76 Å². The van der Waals surface area contributed by atoms with Crippen LogP contribution in [0.2, 0.25) is 0 Å². The molecule has 210 valence electrons. The van der Waals surface area contributed by atoms with Gasteiger partial charge in [-0.25, -0.2) is 0 Å². The number of aryl methyl sites for hydroxylation is 1. The van der Waals surface area contributed by atoms with Crippen LogP contribution in [0.25, 0.3) is 0 Å². The minimum absolute atomic E-state index is 0.0267. The Bertz CT molecular complexity index is 1400. The molecule has 1 atom stereocenters. The van der Waals surface area contributed by atoms with Crippen molar-refractivity contribution in [3.63, 3.8) is 0 Å². The number of furan rings is 1. The van der Waals surface area contributed by atoms with Crippen LogP contribution < -0.4 is 5.32 Å². The lowest BCUT2D eigenvalue weighted by Gasteiger charge is -2.44. The van der Waals surface area contributed by atoms with Gasteiger partial charge in [-0.05, 0) is 48.9 Å². The van der Waals surface area contributed by atoms with Crippen LogP contribution in [0.15, 0.2) is 71.3 Å². The Morgan fingerprint density at radius 2 is 1.75 bits per heavy atom. The third kappa shape index (κ3) is 5.46. The van der Waals surface area contributed by atoms with Crippen molar-refractivity contribution in [2.45, 2.75) is 44.3 Å². The van der Waals surface area contributed by atoms with Crippen molar-refractivity contribution in [3.8, 4) is 0 Å². The number of nitrogens with zero attached hydrogens (tertiary/aromatic N) is 2. The summed E-state index contributed by atoms with van der Waals surface area (Å²) in [7, 11) is 0. The first-order valence-electron chi connectivity index (χ1n) is 12.9. The van der Waals surface area contributed by atoms with Gasteiger partial charge in [-0.2, -0.15) is 13.2 Å². The smallest absolute Gasteiger partial charge is 0.416 e. The molecule has 2 aliphatic rings. The molecule has 3 heterocycles. The van der Waals surface area contributed by atoms with Gasteiger partial charge in [0.2, 0.25) is 5.91 Å². The van der Waals surface area contributed by atoms with Crippen molar-refractivity contribution in [3.05, 3.63) is 94.9 Å². The zero-order chi connectivity index (χ0) is 28.5. The molecular weight excluding hydrogens is 527 g/mol. The first kappa shape index (κ1) is 27.4. The highest BCUT2D eigenvalue weighted by Crippen LogP contribution is 2.39. The number of carbonyl (C=O) groups excluding carboxylic acids is 3. The van der Waals surface area contributed by atoms with E-state index in [4.69, 9.17) is 9.15 Å². The van der Waals surface area contributed by atoms with E-state index in [0.29, 0.717) is 18.7 Å². The number of amides is 3. The molecule has 2 aliphatic heterocycles. The fourth-order valence-corrected chi connectivity index (χ4v) is 5.27. The summed E-state index contributed by atoms with van der Waals surface area (Å²) in [6.07, 6.45) is -2.61. The van der Waals surface area contributed by atoms with E-state index in [9.17, 15) is 27.6 Å². The maximum Gasteiger partial charge on any atom is 0.416 e. The lowest BCUT2D eigenvalue weighted by atomic mass is 9.96. The van der Waals surface area contributed by atoms with Gasteiger partial charge in [-0.1, -0.05) is 29.8 Å². The molecule has 5 rings (SSSR count). The number of benzene rings is 2. The average Bonchev–Trinajstić information content (AvgIpc) is 3.60. The highest BCUT2D eigenvalue weighted by Gasteiger charge is 2.54. The van der Waals surface area contributed by atoms with E-state index >= 15 is 0 Å². The van der Waals surface area contributed by atoms with Crippen LogP contribution in [0.5, 0.6) is 0 Å². The van der Waals surface area contributed by atoms with E-state index in [1.807, 2.05) is 25.1 Å². The second kappa shape index (κ2) is 10.8.